The lowest BCUT2D eigenvalue weighted by atomic mass is 10.0. The summed E-state index contributed by atoms with van der Waals surface area (Å²) in [6.45, 7) is 6.18. The number of hydrogen-bond acceptors (Lipinski definition) is 4. The summed E-state index contributed by atoms with van der Waals surface area (Å²) < 4.78 is 11.1. The van der Waals surface area contributed by atoms with Crippen LogP contribution in [-0.2, 0) is 5.88 Å². The summed E-state index contributed by atoms with van der Waals surface area (Å²) in [7, 11) is 0. The van der Waals surface area contributed by atoms with Crippen LogP contribution in [0.1, 0.15) is 50.1 Å². The Morgan fingerprint density at radius 2 is 1.84 bits per heavy atom. The van der Waals surface area contributed by atoms with Gasteiger partial charge in [-0.25, -0.2) is 0 Å². The van der Waals surface area contributed by atoms with Crippen molar-refractivity contribution >= 4 is 11.6 Å². The molecule has 1 atom stereocenters. The summed E-state index contributed by atoms with van der Waals surface area (Å²) in [6, 6.07) is 8.02. The van der Waals surface area contributed by atoms with E-state index in [9.17, 15) is 0 Å². The van der Waals surface area contributed by atoms with Gasteiger partial charge in [0.15, 0.2) is 6.10 Å². The Kier molecular flexibility index (Phi) is 4.43. The van der Waals surface area contributed by atoms with Crippen molar-refractivity contribution < 1.29 is 9.15 Å². The van der Waals surface area contributed by atoms with Gasteiger partial charge in [-0.2, -0.15) is 0 Å². The number of nitrogens with zero attached hydrogens (tertiary/aromatic N) is 2. The maximum atomic E-state index is 5.75. The van der Waals surface area contributed by atoms with Gasteiger partial charge in [-0.05, 0) is 30.5 Å². The summed E-state index contributed by atoms with van der Waals surface area (Å²) in [4.78, 5) is 0. The van der Waals surface area contributed by atoms with Crippen molar-refractivity contribution in [2.24, 2.45) is 0 Å². The number of hydrogen-bond donors (Lipinski definition) is 0. The highest BCUT2D eigenvalue weighted by atomic mass is 35.5. The van der Waals surface area contributed by atoms with Crippen LogP contribution in [0.5, 0.6) is 5.75 Å². The summed E-state index contributed by atoms with van der Waals surface area (Å²) in [5.74, 6) is 2.34. The monoisotopic (exact) mass is 280 g/mol. The first-order valence-corrected chi connectivity index (χ1v) is 6.78. The molecule has 0 aliphatic heterocycles. The van der Waals surface area contributed by atoms with E-state index in [0.717, 1.165) is 5.75 Å². The first-order valence-electron chi connectivity index (χ1n) is 6.25. The highest BCUT2D eigenvalue weighted by Gasteiger charge is 2.15. The molecule has 0 N–H and O–H groups in total. The minimum atomic E-state index is -0.297. The molecule has 0 saturated heterocycles. The molecular weight excluding hydrogens is 264 g/mol. The van der Waals surface area contributed by atoms with E-state index in [-0.39, 0.29) is 12.0 Å². The van der Waals surface area contributed by atoms with Gasteiger partial charge in [-0.3, -0.25) is 0 Å². The number of alkyl halides is 1. The molecule has 102 valence electrons. The molecule has 0 bridgehead atoms. The molecule has 1 unspecified atom stereocenters. The van der Waals surface area contributed by atoms with Crippen molar-refractivity contribution in [2.75, 3.05) is 0 Å². The van der Waals surface area contributed by atoms with E-state index in [0.29, 0.717) is 17.7 Å². The van der Waals surface area contributed by atoms with Crippen molar-refractivity contribution in [1.82, 2.24) is 10.2 Å². The van der Waals surface area contributed by atoms with E-state index in [1.807, 2.05) is 19.1 Å². The lowest BCUT2D eigenvalue weighted by Crippen LogP contribution is -2.03. The number of benzene rings is 1. The molecular formula is C14H17ClN2O2. The van der Waals surface area contributed by atoms with Gasteiger partial charge in [0, 0.05) is 0 Å². The Labute approximate surface area is 117 Å². The molecule has 0 aliphatic rings. The molecule has 1 aromatic carbocycles. The predicted octanol–water partition coefficient (Wildman–Crippen LogP) is 4.07. The molecule has 0 spiro atoms. The Balaban J connectivity index is 2.03. The van der Waals surface area contributed by atoms with Gasteiger partial charge in [-0.15, -0.1) is 21.8 Å². The number of rotatable bonds is 5. The van der Waals surface area contributed by atoms with Gasteiger partial charge < -0.3 is 9.15 Å². The fraction of sp³-hybridized carbons (Fsp3) is 0.429. The van der Waals surface area contributed by atoms with Gasteiger partial charge in [0.1, 0.15) is 11.6 Å². The molecule has 0 radical (unpaired) electrons. The molecule has 2 rings (SSSR count). The number of halogens is 1. The van der Waals surface area contributed by atoms with Crippen LogP contribution in [-0.4, -0.2) is 10.2 Å². The smallest absolute Gasteiger partial charge is 0.256 e. The van der Waals surface area contributed by atoms with Crippen molar-refractivity contribution in [2.45, 2.75) is 38.7 Å². The third-order valence-corrected chi connectivity index (χ3v) is 3.03. The molecule has 5 heteroatoms. The van der Waals surface area contributed by atoms with Crippen molar-refractivity contribution in [3.63, 3.8) is 0 Å². The fourth-order valence-corrected chi connectivity index (χ4v) is 1.78. The second-order valence-corrected chi connectivity index (χ2v) is 4.92. The Bertz CT molecular complexity index is 522. The zero-order chi connectivity index (χ0) is 13.8. The largest absolute Gasteiger partial charge is 0.481 e. The maximum Gasteiger partial charge on any atom is 0.256 e. The van der Waals surface area contributed by atoms with Crippen LogP contribution < -0.4 is 4.74 Å². The van der Waals surface area contributed by atoms with Crippen molar-refractivity contribution in [3.05, 3.63) is 41.6 Å². The summed E-state index contributed by atoms with van der Waals surface area (Å²) in [5.41, 5.74) is 1.28. The van der Waals surface area contributed by atoms with E-state index in [4.69, 9.17) is 20.8 Å². The molecule has 19 heavy (non-hydrogen) atoms. The molecule has 0 fully saturated rings. The first-order chi connectivity index (χ1) is 9.10. The lowest BCUT2D eigenvalue weighted by molar-refractivity contribution is 0.186. The third kappa shape index (κ3) is 3.47. The quantitative estimate of drug-likeness (QED) is 0.775. The summed E-state index contributed by atoms with van der Waals surface area (Å²) in [6.07, 6.45) is -0.297. The normalized spacial score (nSPS) is 12.7. The second kappa shape index (κ2) is 6.06. The highest BCUT2D eigenvalue weighted by molar-refractivity contribution is 6.16. The molecule has 1 heterocycles. The van der Waals surface area contributed by atoms with Crippen LogP contribution in [0, 0.1) is 0 Å². The molecule has 1 aromatic heterocycles. The molecule has 4 nitrogen and oxygen atoms in total. The first kappa shape index (κ1) is 13.9. The van der Waals surface area contributed by atoms with E-state index in [2.05, 4.69) is 36.2 Å². The average molecular weight is 281 g/mol. The van der Waals surface area contributed by atoms with Crippen molar-refractivity contribution in [3.8, 4) is 5.75 Å². The lowest BCUT2D eigenvalue weighted by Gasteiger charge is -2.12. The number of ether oxygens (including phenoxy) is 1. The minimum absolute atomic E-state index is 0.211. The minimum Gasteiger partial charge on any atom is -0.481 e. The van der Waals surface area contributed by atoms with E-state index >= 15 is 0 Å². The molecule has 2 aromatic rings. The van der Waals surface area contributed by atoms with Crippen LogP contribution in [0.15, 0.2) is 28.7 Å². The van der Waals surface area contributed by atoms with E-state index in [1.165, 1.54) is 5.56 Å². The maximum absolute atomic E-state index is 5.75. The third-order valence-electron chi connectivity index (χ3n) is 2.80. The standard InChI is InChI=1S/C14H17ClN2O2/c1-9(2)11-4-6-12(7-5-11)18-10(3)14-17-16-13(8-15)19-14/h4-7,9-10H,8H2,1-3H3. The van der Waals surface area contributed by atoms with Crippen molar-refractivity contribution in [1.29, 1.82) is 0 Å². The molecule has 0 aliphatic carbocycles. The fourth-order valence-electron chi connectivity index (χ4n) is 1.67. The molecule has 0 saturated carbocycles. The topological polar surface area (TPSA) is 48.2 Å². The van der Waals surface area contributed by atoms with Crippen LogP contribution >= 0.6 is 11.6 Å². The van der Waals surface area contributed by atoms with Crippen LogP contribution in [0.25, 0.3) is 0 Å². The van der Waals surface area contributed by atoms with Gasteiger partial charge in [0.05, 0.1) is 0 Å². The average Bonchev–Trinajstić information content (AvgIpc) is 2.88. The predicted molar refractivity (Wildman–Crippen MR) is 73.4 cm³/mol. The zero-order valence-electron chi connectivity index (χ0n) is 11.3. The Hall–Kier alpha value is -1.55. The van der Waals surface area contributed by atoms with E-state index < -0.39 is 0 Å². The highest BCUT2D eigenvalue weighted by Crippen LogP contribution is 2.23. The van der Waals surface area contributed by atoms with Crippen LogP contribution in [0.2, 0.25) is 0 Å². The Morgan fingerprint density at radius 3 is 2.37 bits per heavy atom. The van der Waals surface area contributed by atoms with Gasteiger partial charge in [-0.1, -0.05) is 26.0 Å². The zero-order valence-corrected chi connectivity index (χ0v) is 12.0. The van der Waals surface area contributed by atoms with E-state index in [1.54, 1.807) is 0 Å². The Morgan fingerprint density at radius 1 is 1.16 bits per heavy atom. The summed E-state index contributed by atoms with van der Waals surface area (Å²) in [5, 5.41) is 7.71. The number of aromatic nitrogens is 2. The van der Waals surface area contributed by atoms with Gasteiger partial charge in [0.25, 0.3) is 5.89 Å². The van der Waals surface area contributed by atoms with Crippen LogP contribution in [0.4, 0.5) is 0 Å². The van der Waals surface area contributed by atoms with Crippen LogP contribution in [0.3, 0.4) is 0 Å². The van der Waals surface area contributed by atoms with Gasteiger partial charge in [0.2, 0.25) is 5.89 Å². The second-order valence-electron chi connectivity index (χ2n) is 4.65. The summed E-state index contributed by atoms with van der Waals surface area (Å²) >= 11 is 5.62. The SMILES string of the molecule is CC(C)c1ccc(OC(C)c2nnc(CCl)o2)cc1. The van der Waals surface area contributed by atoms with Gasteiger partial charge >= 0.3 is 0 Å². The molecule has 0 amide bonds.